The lowest BCUT2D eigenvalue weighted by Crippen LogP contribution is -2.23. The van der Waals surface area contributed by atoms with Crippen molar-refractivity contribution in [3.05, 3.63) is 23.8 Å². The van der Waals surface area contributed by atoms with E-state index in [0.717, 1.165) is 36.8 Å². The predicted molar refractivity (Wildman–Crippen MR) is 87.1 cm³/mol. The molecular weight excluding hydrogens is 262 g/mol. The van der Waals surface area contributed by atoms with Gasteiger partial charge in [-0.05, 0) is 62.8 Å². The zero-order valence-corrected chi connectivity index (χ0v) is 13.8. The summed E-state index contributed by atoms with van der Waals surface area (Å²) < 4.78 is 11.7. The number of hydrogen-bond acceptors (Lipinski definition) is 3. The first kappa shape index (κ1) is 16.2. The average molecular weight is 291 g/mol. The fourth-order valence-electron chi connectivity index (χ4n) is 3.00. The fourth-order valence-corrected chi connectivity index (χ4v) is 3.00. The fraction of sp³-hybridized carbons (Fsp3) is 0.667. The molecule has 3 nitrogen and oxygen atoms in total. The van der Waals surface area contributed by atoms with Gasteiger partial charge in [-0.25, -0.2) is 0 Å². The Morgan fingerprint density at radius 1 is 1.19 bits per heavy atom. The SMILES string of the molecule is CCNC(C)c1ccc(OC2CCC(C)CC2)c(OC)c1. The second-order valence-electron chi connectivity index (χ2n) is 6.19. The van der Waals surface area contributed by atoms with Crippen LogP contribution in [0, 0.1) is 5.92 Å². The summed E-state index contributed by atoms with van der Waals surface area (Å²) in [4.78, 5) is 0. The Bertz CT molecular complexity index is 439. The first-order valence-corrected chi connectivity index (χ1v) is 8.22. The Morgan fingerprint density at radius 3 is 2.52 bits per heavy atom. The summed E-state index contributed by atoms with van der Waals surface area (Å²) in [6.45, 7) is 7.58. The van der Waals surface area contributed by atoms with E-state index in [0.29, 0.717) is 12.1 Å². The third kappa shape index (κ3) is 4.37. The number of benzene rings is 1. The highest BCUT2D eigenvalue weighted by atomic mass is 16.5. The van der Waals surface area contributed by atoms with Crippen LogP contribution in [-0.4, -0.2) is 19.8 Å². The molecule has 1 N–H and O–H groups in total. The van der Waals surface area contributed by atoms with Crippen LogP contribution in [0.4, 0.5) is 0 Å². The largest absolute Gasteiger partial charge is 0.493 e. The zero-order chi connectivity index (χ0) is 15.2. The number of nitrogens with one attached hydrogen (secondary N) is 1. The van der Waals surface area contributed by atoms with Crippen molar-refractivity contribution in [2.24, 2.45) is 5.92 Å². The van der Waals surface area contributed by atoms with Crippen molar-refractivity contribution in [2.75, 3.05) is 13.7 Å². The molecule has 1 aromatic rings. The van der Waals surface area contributed by atoms with E-state index in [1.807, 2.05) is 0 Å². The predicted octanol–water partition coefficient (Wildman–Crippen LogP) is 4.32. The van der Waals surface area contributed by atoms with Gasteiger partial charge in [0.2, 0.25) is 0 Å². The summed E-state index contributed by atoms with van der Waals surface area (Å²) in [6.07, 6.45) is 5.18. The molecule has 118 valence electrons. The Morgan fingerprint density at radius 2 is 1.90 bits per heavy atom. The van der Waals surface area contributed by atoms with Crippen molar-refractivity contribution in [2.45, 2.75) is 58.6 Å². The van der Waals surface area contributed by atoms with Crippen molar-refractivity contribution in [1.29, 1.82) is 0 Å². The summed E-state index contributed by atoms with van der Waals surface area (Å²) >= 11 is 0. The summed E-state index contributed by atoms with van der Waals surface area (Å²) in [6, 6.07) is 6.61. The van der Waals surface area contributed by atoms with Gasteiger partial charge in [-0.2, -0.15) is 0 Å². The monoisotopic (exact) mass is 291 g/mol. The Balaban J connectivity index is 2.05. The summed E-state index contributed by atoms with van der Waals surface area (Å²) in [5.41, 5.74) is 1.23. The van der Waals surface area contributed by atoms with Crippen LogP contribution in [0.2, 0.25) is 0 Å². The summed E-state index contributed by atoms with van der Waals surface area (Å²) in [5, 5.41) is 3.42. The Labute approximate surface area is 129 Å². The minimum absolute atomic E-state index is 0.327. The molecule has 0 amide bonds. The van der Waals surface area contributed by atoms with Gasteiger partial charge in [-0.1, -0.05) is 19.9 Å². The minimum Gasteiger partial charge on any atom is -0.493 e. The average Bonchev–Trinajstić information content (AvgIpc) is 2.50. The Kier molecular flexibility index (Phi) is 5.92. The lowest BCUT2D eigenvalue weighted by Gasteiger charge is -2.27. The molecule has 0 saturated heterocycles. The molecule has 1 aliphatic rings. The van der Waals surface area contributed by atoms with Gasteiger partial charge in [0, 0.05) is 6.04 Å². The standard InChI is InChI=1S/C18H29NO2/c1-5-19-14(3)15-8-11-17(18(12-15)20-4)21-16-9-6-13(2)7-10-16/h8,11-14,16,19H,5-7,9-10H2,1-4H3. The molecule has 0 bridgehead atoms. The van der Waals surface area contributed by atoms with Gasteiger partial charge in [0.25, 0.3) is 0 Å². The van der Waals surface area contributed by atoms with Crippen LogP contribution in [0.1, 0.15) is 58.1 Å². The second-order valence-corrected chi connectivity index (χ2v) is 6.19. The van der Waals surface area contributed by atoms with Crippen LogP contribution in [0.25, 0.3) is 0 Å². The minimum atomic E-state index is 0.327. The first-order chi connectivity index (χ1) is 10.1. The third-order valence-corrected chi connectivity index (χ3v) is 4.45. The topological polar surface area (TPSA) is 30.5 Å². The maximum absolute atomic E-state index is 6.17. The molecule has 0 spiro atoms. The van der Waals surface area contributed by atoms with Gasteiger partial charge in [0.1, 0.15) is 0 Å². The van der Waals surface area contributed by atoms with Crippen LogP contribution in [-0.2, 0) is 0 Å². The summed E-state index contributed by atoms with van der Waals surface area (Å²) in [7, 11) is 1.72. The molecule has 1 saturated carbocycles. The van der Waals surface area contributed by atoms with E-state index in [2.05, 4.69) is 44.3 Å². The van der Waals surface area contributed by atoms with E-state index < -0.39 is 0 Å². The normalized spacial score (nSPS) is 23.6. The molecule has 1 atom stereocenters. The molecule has 1 aromatic carbocycles. The van der Waals surface area contributed by atoms with Gasteiger partial charge in [0.05, 0.1) is 13.2 Å². The molecule has 0 aromatic heterocycles. The third-order valence-electron chi connectivity index (χ3n) is 4.45. The van der Waals surface area contributed by atoms with E-state index in [1.165, 1.54) is 18.4 Å². The maximum atomic E-state index is 6.17. The smallest absolute Gasteiger partial charge is 0.161 e. The number of methoxy groups -OCH3 is 1. The molecule has 0 heterocycles. The van der Waals surface area contributed by atoms with Crippen molar-refractivity contribution >= 4 is 0 Å². The number of rotatable bonds is 6. The highest BCUT2D eigenvalue weighted by Gasteiger charge is 2.21. The molecule has 1 fully saturated rings. The molecule has 21 heavy (non-hydrogen) atoms. The van der Waals surface area contributed by atoms with E-state index in [-0.39, 0.29) is 0 Å². The van der Waals surface area contributed by atoms with Crippen LogP contribution >= 0.6 is 0 Å². The van der Waals surface area contributed by atoms with Gasteiger partial charge in [0.15, 0.2) is 11.5 Å². The van der Waals surface area contributed by atoms with E-state index in [4.69, 9.17) is 9.47 Å². The lowest BCUT2D eigenvalue weighted by molar-refractivity contribution is 0.131. The molecule has 0 radical (unpaired) electrons. The van der Waals surface area contributed by atoms with Gasteiger partial charge in [-0.3, -0.25) is 0 Å². The van der Waals surface area contributed by atoms with Crippen LogP contribution in [0.3, 0.4) is 0 Å². The van der Waals surface area contributed by atoms with E-state index >= 15 is 0 Å². The van der Waals surface area contributed by atoms with Crippen molar-refractivity contribution in [3.8, 4) is 11.5 Å². The highest BCUT2D eigenvalue weighted by molar-refractivity contribution is 5.44. The highest BCUT2D eigenvalue weighted by Crippen LogP contribution is 2.34. The molecule has 2 rings (SSSR count). The molecule has 0 aliphatic heterocycles. The van der Waals surface area contributed by atoms with Gasteiger partial charge >= 0.3 is 0 Å². The lowest BCUT2D eigenvalue weighted by atomic mass is 9.89. The van der Waals surface area contributed by atoms with E-state index in [9.17, 15) is 0 Å². The van der Waals surface area contributed by atoms with Crippen LogP contribution < -0.4 is 14.8 Å². The van der Waals surface area contributed by atoms with Crippen molar-refractivity contribution in [1.82, 2.24) is 5.32 Å². The molecule has 1 aliphatic carbocycles. The molecular formula is C18H29NO2. The number of ether oxygens (including phenoxy) is 2. The van der Waals surface area contributed by atoms with Crippen LogP contribution in [0.5, 0.6) is 11.5 Å². The summed E-state index contributed by atoms with van der Waals surface area (Å²) in [5.74, 6) is 2.57. The Hall–Kier alpha value is -1.22. The maximum Gasteiger partial charge on any atom is 0.161 e. The van der Waals surface area contributed by atoms with Crippen LogP contribution in [0.15, 0.2) is 18.2 Å². The number of hydrogen-bond donors (Lipinski definition) is 1. The second kappa shape index (κ2) is 7.69. The van der Waals surface area contributed by atoms with Gasteiger partial charge in [-0.15, -0.1) is 0 Å². The molecule has 1 unspecified atom stereocenters. The van der Waals surface area contributed by atoms with Crippen molar-refractivity contribution in [3.63, 3.8) is 0 Å². The molecule has 3 heteroatoms. The first-order valence-electron chi connectivity index (χ1n) is 8.22. The van der Waals surface area contributed by atoms with Gasteiger partial charge < -0.3 is 14.8 Å². The van der Waals surface area contributed by atoms with Crippen molar-refractivity contribution < 1.29 is 9.47 Å². The quantitative estimate of drug-likeness (QED) is 0.846. The zero-order valence-electron chi connectivity index (χ0n) is 13.8. The van der Waals surface area contributed by atoms with E-state index in [1.54, 1.807) is 7.11 Å².